The van der Waals surface area contributed by atoms with Gasteiger partial charge in [-0.15, -0.1) is 0 Å². The van der Waals surface area contributed by atoms with Crippen molar-refractivity contribution in [2.24, 2.45) is 7.05 Å². The number of rotatable bonds is 4. The summed E-state index contributed by atoms with van der Waals surface area (Å²) in [6, 6.07) is 8.45. The molecule has 1 aromatic heterocycles. The zero-order valence-electron chi connectivity index (χ0n) is 13.8. The summed E-state index contributed by atoms with van der Waals surface area (Å²) < 4.78 is 7.22. The van der Waals surface area contributed by atoms with Crippen molar-refractivity contribution in [2.75, 3.05) is 12.4 Å². The molecular formula is C17H25N3O. The van der Waals surface area contributed by atoms with Crippen LogP contribution in [0.1, 0.15) is 37.6 Å². The summed E-state index contributed by atoms with van der Waals surface area (Å²) in [4.78, 5) is 0. The quantitative estimate of drug-likeness (QED) is 0.933. The second-order valence-electron chi connectivity index (χ2n) is 6.35. The summed E-state index contributed by atoms with van der Waals surface area (Å²) in [5.74, 6) is 0.813. The van der Waals surface area contributed by atoms with Crippen molar-refractivity contribution in [3.63, 3.8) is 0 Å². The SMILES string of the molecule is COc1c(CNc2ccccc2C(C)(C)C)c(C)nn1C. The molecule has 4 heteroatoms. The van der Waals surface area contributed by atoms with E-state index in [0.29, 0.717) is 6.54 Å². The first-order valence-corrected chi connectivity index (χ1v) is 7.24. The van der Waals surface area contributed by atoms with Gasteiger partial charge in [-0.1, -0.05) is 39.0 Å². The van der Waals surface area contributed by atoms with Gasteiger partial charge in [-0.3, -0.25) is 0 Å². The Morgan fingerprint density at radius 1 is 1.24 bits per heavy atom. The number of para-hydroxylation sites is 1. The molecule has 0 aliphatic rings. The van der Waals surface area contributed by atoms with Gasteiger partial charge in [-0.25, -0.2) is 4.68 Å². The van der Waals surface area contributed by atoms with E-state index in [9.17, 15) is 0 Å². The number of nitrogens with one attached hydrogen (secondary N) is 1. The molecule has 0 spiro atoms. The number of nitrogens with zero attached hydrogens (tertiary/aromatic N) is 2. The summed E-state index contributed by atoms with van der Waals surface area (Å²) in [6.07, 6.45) is 0. The van der Waals surface area contributed by atoms with Crippen molar-refractivity contribution in [3.8, 4) is 5.88 Å². The van der Waals surface area contributed by atoms with Gasteiger partial charge in [0, 0.05) is 19.3 Å². The monoisotopic (exact) mass is 287 g/mol. The predicted octanol–water partition coefficient (Wildman–Crippen LogP) is 3.65. The Bertz CT molecular complexity index is 623. The number of anilines is 1. The van der Waals surface area contributed by atoms with Crippen LogP contribution >= 0.6 is 0 Å². The molecule has 4 nitrogen and oxygen atoms in total. The van der Waals surface area contributed by atoms with Crippen LogP contribution in [0.25, 0.3) is 0 Å². The van der Waals surface area contributed by atoms with Gasteiger partial charge >= 0.3 is 0 Å². The molecule has 1 aromatic carbocycles. The van der Waals surface area contributed by atoms with Crippen LogP contribution in [0.3, 0.4) is 0 Å². The maximum Gasteiger partial charge on any atom is 0.216 e. The lowest BCUT2D eigenvalue weighted by Gasteiger charge is -2.23. The van der Waals surface area contributed by atoms with Crippen molar-refractivity contribution < 1.29 is 4.74 Å². The third-order valence-electron chi connectivity index (χ3n) is 3.67. The number of aromatic nitrogens is 2. The summed E-state index contributed by atoms with van der Waals surface area (Å²) >= 11 is 0. The fourth-order valence-electron chi connectivity index (χ4n) is 2.61. The average Bonchev–Trinajstić information content (AvgIpc) is 2.69. The first kappa shape index (κ1) is 15.4. The van der Waals surface area contributed by atoms with E-state index in [-0.39, 0.29) is 5.41 Å². The molecule has 1 heterocycles. The van der Waals surface area contributed by atoms with Crippen LogP contribution in [-0.4, -0.2) is 16.9 Å². The molecular weight excluding hydrogens is 262 g/mol. The maximum absolute atomic E-state index is 5.44. The van der Waals surface area contributed by atoms with Crippen molar-refractivity contribution in [1.82, 2.24) is 9.78 Å². The largest absolute Gasteiger partial charge is 0.481 e. The van der Waals surface area contributed by atoms with Gasteiger partial charge in [-0.2, -0.15) is 5.10 Å². The summed E-state index contributed by atoms with van der Waals surface area (Å²) in [5, 5.41) is 7.95. The normalized spacial score (nSPS) is 11.5. The molecule has 21 heavy (non-hydrogen) atoms. The molecule has 0 saturated heterocycles. The van der Waals surface area contributed by atoms with Crippen molar-refractivity contribution in [1.29, 1.82) is 0 Å². The van der Waals surface area contributed by atoms with Gasteiger partial charge in [0.25, 0.3) is 0 Å². The Kier molecular flexibility index (Phi) is 4.26. The van der Waals surface area contributed by atoms with Crippen LogP contribution in [0.4, 0.5) is 5.69 Å². The number of ether oxygens (including phenoxy) is 1. The van der Waals surface area contributed by atoms with E-state index < -0.39 is 0 Å². The van der Waals surface area contributed by atoms with Crippen LogP contribution in [0.5, 0.6) is 5.88 Å². The highest BCUT2D eigenvalue weighted by atomic mass is 16.5. The number of hydrogen-bond donors (Lipinski definition) is 1. The van der Waals surface area contributed by atoms with Crippen LogP contribution in [-0.2, 0) is 19.0 Å². The van der Waals surface area contributed by atoms with E-state index in [2.05, 4.69) is 55.5 Å². The Morgan fingerprint density at radius 3 is 2.52 bits per heavy atom. The van der Waals surface area contributed by atoms with Crippen LogP contribution in [0.15, 0.2) is 24.3 Å². The zero-order valence-corrected chi connectivity index (χ0v) is 13.8. The fraction of sp³-hybridized carbons (Fsp3) is 0.471. The molecule has 0 bridgehead atoms. The van der Waals surface area contributed by atoms with Gasteiger partial charge in [0.1, 0.15) is 0 Å². The second-order valence-corrected chi connectivity index (χ2v) is 6.35. The molecule has 0 unspecified atom stereocenters. The van der Waals surface area contributed by atoms with Crippen LogP contribution in [0, 0.1) is 6.92 Å². The highest BCUT2D eigenvalue weighted by molar-refractivity contribution is 5.54. The Balaban J connectivity index is 2.26. The van der Waals surface area contributed by atoms with Crippen LogP contribution in [0.2, 0.25) is 0 Å². The molecule has 2 rings (SSSR count). The van der Waals surface area contributed by atoms with E-state index in [1.54, 1.807) is 11.8 Å². The second kappa shape index (κ2) is 5.80. The molecule has 114 valence electrons. The first-order valence-electron chi connectivity index (χ1n) is 7.24. The molecule has 1 N–H and O–H groups in total. The molecule has 0 amide bonds. The third kappa shape index (κ3) is 3.20. The van der Waals surface area contributed by atoms with E-state index in [4.69, 9.17) is 4.74 Å². The fourth-order valence-corrected chi connectivity index (χ4v) is 2.61. The molecule has 0 saturated carbocycles. The Labute approximate surface area is 127 Å². The number of hydrogen-bond acceptors (Lipinski definition) is 3. The lowest BCUT2D eigenvalue weighted by atomic mass is 9.86. The van der Waals surface area contributed by atoms with Gasteiger partial charge in [0.15, 0.2) is 0 Å². The van der Waals surface area contributed by atoms with E-state index in [0.717, 1.165) is 22.8 Å². The lowest BCUT2D eigenvalue weighted by Crippen LogP contribution is -2.15. The molecule has 0 atom stereocenters. The van der Waals surface area contributed by atoms with Gasteiger partial charge in [0.05, 0.1) is 18.4 Å². The minimum atomic E-state index is 0.109. The highest BCUT2D eigenvalue weighted by Gasteiger charge is 2.18. The van der Waals surface area contributed by atoms with Crippen molar-refractivity contribution >= 4 is 5.69 Å². The molecule has 0 radical (unpaired) electrons. The van der Waals surface area contributed by atoms with Gasteiger partial charge in [-0.05, 0) is 24.0 Å². The number of benzene rings is 1. The molecule has 0 aliphatic heterocycles. The minimum Gasteiger partial charge on any atom is -0.481 e. The number of methoxy groups -OCH3 is 1. The van der Waals surface area contributed by atoms with Gasteiger partial charge in [0.2, 0.25) is 5.88 Å². The Hall–Kier alpha value is -1.97. The van der Waals surface area contributed by atoms with E-state index >= 15 is 0 Å². The third-order valence-corrected chi connectivity index (χ3v) is 3.67. The van der Waals surface area contributed by atoms with Crippen molar-refractivity contribution in [3.05, 3.63) is 41.1 Å². The first-order chi connectivity index (χ1) is 9.84. The zero-order chi connectivity index (χ0) is 15.6. The van der Waals surface area contributed by atoms with E-state index in [1.807, 2.05) is 14.0 Å². The Morgan fingerprint density at radius 2 is 1.90 bits per heavy atom. The summed E-state index contributed by atoms with van der Waals surface area (Å²) in [5.41, 5.74) is 4.68. The summed E-state index contributed by atoms with van der Waals surface area (Å²) in [7, 11) is 3.58. The standard InChI is InChI=1S/C17H25N3O/c1-12-13(16(21-6)20(5)19-12)11-18-15-10-8-7-9-14(15)17(2,3)4/h7-10,18H,11H2,1-6H3. The highest BCUT2D eigenvalue weighted by Crippen LogP contribution is 2.30. The minimum absolute atomic E-state index is 0.109. The average molecular weight is 287 g/mol. The van der Waals surface area contributed by atoms with Crippen LogP contribution < -0.4 is 10.1 Å². The predicted molar refractivity (Wildman–Crippen MR) is 87.0 cm³/mol. The number of aryl methyl sites for hydroxylation is 2. The smallest absolute Gasteiger partial charge is 0.216 e. The van der Waals surface area contributed by atoms with E-state index in [1.165, 1.54) is 5.56 Å². The van der Waals surface area contributed by atoms with Gasteiger partial charge < -0.3 is 10.1 Å². The summed E-state index contributed by atoms with van der Waals surface area (Å²) in [6.45, 7) is 9.39. The van der Waals surface area contributed by atoms with Crippen molar-refractivity contribution in [2.45, 2.75) is 39.7 Å². The maximum atomic E-state index is 5.44. The molecule has 0 fully saturated rings. The molecule has 2 aromatic rings. The topological polar surface area (TPSA) is 39.1 Å². The molecule has 0 aliphatic carbocycles. The lowest BCUT2D eigenvalue weighted by molar-refractivity contribution is 0.370.